The third kappa shape index (κ3) is 2.42. The van der Waals surface area contributed by atoms with Gasteiger partial charge in [0.2, 0.25) is 0 Å². The van der Waals surface area contributed by atoms with Crippen molar-refractivity contribution in [3.05, 3.63) is 18.2 Å². The number of benzene rings is 1. The second-order valence-corrected chi connectivity index (χ2v) is 5.40. The Labute approximate surface area is 110 Å². The zero-order valence-corrected chi connectivity index (χ0v) is 11.1. The third-order valence-corrected chi connectivity index (χ3v) is 4.09. The van der Waals surface area contributed by atoms with Gasteiger partial charge in [-0.15, -0.1) is 0 Å². The van der Waals surface area contributed by atoms with E-state index in [4.69, 9.17) is 9.47 Å². The van der Waals surface area contributed by atoms with Crippen molar-refractivity contribution in [2.45, 2.75) is 18.9 Å². The topological polar surface area (TPSA) is 43.4 Å². The molecule has 0 saturated carbocycles. The van der Waals surface area contributed by atoms with E-state index < -0.39 is 0 Å². The maximum absolute atomic E-state index is 5.58. The van der Waals surface area contributed by atoms with E-state index in [9.17, 15) is 0 Å². The number of hydrogen-bond donors (Lipinski definition) is 1. The maximum atomic E-state index is 5.58. The number of anilines is 1. The number of nitrogens with zero attached hydrogens (tertiary/aromatic N) is 1. The van der Waals surface area contributed by atoms with Gasteiger partial charge in [-0.2, -0.15) is 0 Å². The molecule has 0 amide bonds. The van der Waals surface area contributed by atoms with Gasteiger partial charge in [0.05, 0.1) is 23.4 Å². The molecule has 1 unspecified atom stereocenters. The van der Waals surface area contributed by atoms with Crippen LogP contribution >= 0.6 is 11.3 Å². The van der Waals surface area contributed by atoms with Crippen LogP contribution in [0.5, 0.6) is 5.75 Å². The minimum atomic E-state index is 0.339. The molecule has 1 aromatic heterocycles. The molecule has 0 aliphatic carbocycles. The summed E-state index contributed by atoms with van der Waals surface area (Å²) < 4.78 is 11.9. The summed E-state index contributed by atoms with van der Waals surface area (Å²) in [6.07, 6.45) is 2.65. The minimum absolute atomic E-state index is 0.339. The molecule has 18 heavy (non-hydrogen) atoms. The largest absolute Gasteiger partial charge is 0.497 e. The van der Waals surface area contributed by atoms with Gasteiger partial charge >= 0.3 is 0 Å². The Morgan fingerprint density at radius 2 is 2.50 bits per heavy atom. The molecule has 1 aliphatic heterocycles. The van der Waals surface area contributed by atoms with Crippen molar-refractivity contribution in [1.82, 2.24) is 4.98 Å². The zero-order valence-electron chi connectivity index (χ0n) is 10.3. The highest BCUT2D eigenvalue weighted by atomic mass is 32.1. The van der Waals surface area contributed by atoms with Gasteiger partial charge in [0.15, 0.2) is 5.13 Å². The molecule has 3 rings (SSSR count). The molecule has 1 atom stereocenters. The lowest BCUT2D eigenvalue weighted by Gasteiger charge is -2.08. The number of ether oxygens (including phenoxy) is 2. The van der Waals surface area contributed by atoms with Crippen LogP contribution in [-0.4, -0.2) is 31.3 Å². The van der Waals surface area contributed by atoms with Crippen molar-refractivity contribution in [1.29, 1.82) is 0 Å². The average Bonchev–Trinajstić information content (AvgIpc) is 3.04. The van der Waals surface area contributed by atoms with Crippen LogP contribution in [0, 0.1) is 0 Å². The lowest BCUT2D eigenvalue weighted by atomic mass is 10.2. The van der Waals surface area contributed by atoms with Crippen LogP contribution in [0.15, 0.2) is 18.2 Å². The predicted molar refractivity (Wildman–Crippen MR) is 73.6 cm³/mol. The van der Waals surface area contributed by atoms with Crippen LogP contribution in [-0.2, 0) is 4.74 Å². The Balaban J connectivity index is 1.72. The number of fused-ring (bicyclic) bond motifs is 1. The number of aromatic nitrogens is 1. The predicted octanol–water partition coefficient (Wildman–Crippen LogP) is 2.90. The summed E-state index contributed by atoms with van der Waals surface area (Å²) in [4.78, 5) is 4.55. The van der Waals surface area contributed by atoms with Crippen molar-refractivity contribution in [3.8, 4) is 5.75 Å². The van der Waals surface area contributed by atoms with Gasteiger partial charge in [-0.25, -0.2) is 4.98 Å². The Morgan fingerprint density at radius 3 is 3.28 bits per heavy atom. The standard InChI is InChI=1S/C13H16N2O2S/c1-16-9-4-5-12-11(7-9)15-13(18-12)14-8-10-3-2-6-17-10/h4-5,7,10H,2-3,6,8H2,1H3,(H,14,15). The van der Waals surface area contributed by atoms with Gasteiger partial charge in [0.1, 0.15) is 5.75 Å². The van der Waals surface area contributed by atoms with Crippen LogP contribution in [0.1, 0.15) is 12.8 Å². The Morgan fingerprint density at radius 1 is 1.56 bits per heavy atom. The number of thiazole rings is 1. The monoisotopic (exact) mass is 264 g/mol. The Kier molecular flexibility index (Phi) is 3.34. The molecular weight excluding hydrogens is 248 g/mol. The van der Waals surface area contributed by atoms with E-state index in [2.05, 4.69) is 10.3 Å². The Hall–Kier alpha value is -1.33. The second kappa shape index (κ2) is 5.12. The van der Waals surface area contributed by atoms with E-state index in [1.807, 2.05) is 18.2 Å². The molecule has 1 aliphatic rings. The smallest absolute Gasteiger partial charge is 0.183 e. The van der Waals surface area contributed by atoms with Crippen molar-refractivity contribution in [3.63, 3.8) is 0 Å². The molecule has 0 bridgehead atoms. The average molecular weight is 264 g/mol. The van der Waals surface area contributed by atoms with E-state index in [0.717, 1.165) is 36.0 Å². The van der Waals surface area contributed by atoms with Gasteiger partial charge in [0.25, 0.3) is 0 Å². The van der Waals surface area contributed by atoms with Crippen LogP contribution in [0.4, 0.5) is 5.13 Å². The molecule has 2 aromatic rings. The van der Waals surface area contributed by atoms with Gasteiger partial charge < -0.3 is 14.8 Å². The molecule has 5 heteroatoms. The third-order valence-electron chi connectivity index (χ3n) is 3.10. The lowest BCUT2D eigenvalue weighted by molar-refractivity contribution is 0.120. The zero-order chi connectivity index (χ0) is 12.4. The second-order valence-electron chi connectivity index (χ2n) is 4.37. The highest BCUT2D eigenvalue weighted by Crippen LogP contribution is 2.29. The van der Waals surface area contributed by atoms with Crippen molar-refractivity contribution < 1.29 is 9.47 Å². The number of hydrogen-bond acceptors (Lipinski definition) is 5. The summed E-state index contributed by atoms with van der Waals surface area (Å²) >= 11 is 1.67. The molecule has 4 nitrogen and oxygen atoms in total. The normalized spacial score (nSPS) is 19.3. The summed E-state index contributed by atoms with van der Waals surface area (Å²) in [5, 5.41) is 4.31. The lowest BCUT2D eigenvalue weighted by Crippen LogP contribution is -2.18. The molecule has 1 aromatic carbocycles. The molecule has 1 saturated heterocycles. The summed E-state index contributed by atoms with van der Waals surface area (Å²) in [6, 6.07) is 5.97. The first kappa shape index (κ1) is 11.7. The maximum Gasteiger partial charge on any atom is 0.183 e. The van der Waals surface area contributed by atoms with Crippen molar-refractivity contribution in [2.24, 2.45) is 0 Å². The molecule has 0 spiro atoms. The number of nitrogens with one attached hydrogen (secondary N) is 1. The van der Waals surface area contributed by atoms with Crippen LogP contribution < -0.4 is 10.1 Å². The van der Waals surface area contributed by atoms with Crippen molar-refractivity contribution in [2.75, 3.05) is 25.6 Å². The van der Waals surface area contributed by atoms with Crippen LogP contribution in [0.2, 0.25) is 0 Å². The fourth-order valence-electron chi connectivity index (χ4n) is 2.12. The summed E-state index contributed by atoms with van der Waals surface area (Å²) in [7, 11) is 1.67. The van der Waals surface area contributed by atoms with E-state index in [1.54, 1.807) is 18.4 Å². The SMILES string of the molecule is COc1ccc2sc(NCC3CCCO3)nc2c1. The molecule has 96 valence electrons. The first-order valence-electron chi connectivity index (χ1n) is 6.15. The van der Waals surface area contributed by atoms with Gasteiger partial charge in [-0.1, -0.05) is 11.3 Å². The molecule has 2 heterocycles. The molecule has 1 N–H and O–H groups in total. The molecule has 1 fully saturated rings. The summed E-state index contributed by atoms with van der Waals surface area (Å²) in [5.41, 5.74) is 0.981. The fraction of sp³-hybridized carbons (Fsp3) is 0.462. The first-order chi connectivity index (χ1) is 8.85. The molecular formula is C13H16N2O2S. The summed E-state index contributed by atoms with van der Waals surface area (Å²) in [6.45, 7) is 1.74. The minimum Gasteiger partial charge on any atom is -0.497 e. The van der Waals surface area contributed by atoms with Gasteiger partial charge in [-0.05, 0) is 25.0 Å². The number of methoxy groups -OCH3 is 1. The highest BCUT2D eigenvalue weighted by molar-refractivity contribution is 7.22. The van der Waals surface area contributed by atoms with Gasteiger partial charge in [0, 0.05) is 19.2 Å². The quantitative estimate of drug-likeness (QED) is 0.922. The van der Waals surface area contributed by atoms with E-state index >= 15 is 0 Å². The molecule has 0 radical (unpaired) electrons. The van der Waals surface area contributed by atoms with E-state index in [1.165, 1.54) is 11.1 Å². The van der Waals surface area contributed by atoms with Gasteiger partial charge in [-0.3, -0.25) is 0 Å². The first-order valence-corrected chi connectivity index (χ1v) is 6.97. The van der Waals surface area contributed by atoms with Crippen LogP contribution in [0.25, 0.3) is 10.2 Å². The summed E-state index contributed by atoms with van der Waals surface area (Å²) in [5.74, 6) is 0.846. The number of rotatable bonds is 4. The fourth-order valence-corrected chi connectivity index (χ4v) is 2.97. The van der Waals surface area contributed by atoms with Crippen molar-refractivity contribution >= 4 is 26.7 Å². The van der Waals surface area contributed by atoms with E-state index in [-0.39, 0.29) is 0 Å². The highest BCUT2D eigenvalue weighted by Gasteiger charge is 2.15. The Bertz CT molecular complexity index is 535. The van der Waals surface area contributed by atoms with E-state index in [0.29, 0.717) is 6.10 Å². The van der Waals surface area contributed by atoms with Crippen LogP contribution in [0.3, 0.4) is 0 Å².